The van der Waals surface area contributed by atoms with Crippen molar-refractivity contribution in [2.24, 2.45) is 11.3 Å². The number of aldehydes is 1. The van der Waals surface area contributed by atoms with E-state index in [9.17, 15) is 24.0 Å². The number of nitrogens with zero attached hydrogens (tertiary/aromatic N) is 1. The Morgan fingerprint density at radius 2 is 1.87 bits per heavy atom. The Labute approximate surface area is 177 Å². The fraction of sp³-hybridized carbons (Fsp3) is 0.750. The lowest BCUT2D eigenvalue weighted by molar-refractivity contribution is -0.141. The van der Waals surface area contributed by atoms with Gasteiger partial charge in [0.05, 0.1) is 12.2 Å². The fourth-order valence-corrected chi connectivity index (χ4v) is 2.62. The maximum atomic E-state index is 11.9. The van der Waals surface area contributed by atoms with Crippen molar-refractivity contribution in [2.45, 2.75) is 59.5 Å². The van der Waals surface area contributed by atoms with Crippen molar-refractivity contribution in [1.29, 1.82) is 0 Å². The van der Waals surface area contributed by atoms with Crippen LogP contribution in [0.2, 0.25) is 0 Å². The fourth-order valence-electron chi connectivity index (χ4n) is 2.62. The van der Waals surface area contributed by atoms with E-state index >= 15 is 0 Å². The number of nitrogens with one attached hydrogen (secondary N) is 2. The summed E-state index contributed by atoms with van der Waals surface area (Å²) < 4.78 is 5.80. The molecule has 1 unspecified atom stereocenters. The zero-order valence-corrected chi connectivity index (χ0v) is 18.4. The van der Waals surface area contributed by atoms with Gasteiger partial charge in [0.2, 0.25) is 23.6 Å². The smallest absolute Gasteiger partial charge is 0.248 e. The summed E-state index contributed by atoms with van der Waals surface area (Å²) in [7, 11) is 0. The lowest BCUT2D eigenvalue weighted by Crippen LogP contribution is -2.44. The van der Waals surface area contributed by atoms with E-state index in [0.29, 0.717) is 13.0 Å². The second kappa shape index (κ2) is 11.2. The summed E-state index contributed by atoms with van der Waals surface area (Å²) in [6.45, 7) is 9.31. The maximum Gasteiger partial charge on any atom is 0.248 e. The third kappa shape index (κ3) is 9.00. The molecule has 1 atom stereocenters. The third-order valence-corrected chi connectivity index (χ3v) is 4.62. The molecular weight excluding hydrogens is 394 g/mol. The van der Waals surface area contributed by atoms with E-state index in [-0.39, 0.29) is 49.1 Å². The Hall–Kier alpha value is -2.33. The first-order valence-electron chi connectivity index (χ1n) is 9.96. The lowest BCUT2D eigenvalue weighted by atomic mass is 9.91. The second-order valence-corrected chi connectivity index (χ2v) is 8.91. The molecule has 0 bridgehead atoms. The number of carbonyl (C=O) groups is 5. The van der Waals surface area contributed by atoms with Gasteiger partial charge < -0.3 is 14.8 Å². The molecule has 0 radical (unpaired) electrons. The zero-order valence-electron chi connectivity index (χ0n) is 18.4. The van der Waals surface area contributed by atoms with Crippen molar-refractivity contribution in [2.75, 3.05) is 26.3 Å². The summed E-state index contributed by atoms with van der Waals surface area (Å²) in [6, 6.07) is 0. The number of ether oxygens (including phenoxy) is 1. The molecule has 2 N–H and O–H groups in total. The molecule has 0 aromatic heterocycles. The zero-order chi connectivity index (χ0) is 22.9. The molecule has 0 saturated carbocycles. The van der Waals surface area contributed by atoms with Gasteiger partial charge >= 0.3 is 0 Å². The van der Waals surface area contributed by atoms with Gasteiger partial charge in [0, 0.05) is 38.3 Å². The number of rotatable bonds is 13. The molecule has 0 aromatic rings. The van der Waals surface area contributed by atoms with Crippen LogP contribution >= 0.6 is 0 Å². The van der Waals surface area contributed by atoms with Gasteiger partial charge in [-0.15, -0.1) is 0 Å². The maximum absolute atomic E-state index is 11.9. The molecule has 1 heterocycles. The van der Waals surface area contributed by atoms with Crippen LogP contribution in [-0.4, -0.2) is 66.7 Å². The van der Waals surface area contributed by atoms with Gasteiger partial charge in [0.15, 0.2) is 6.61 Å². The van der Waals surface area contributed by atoms with Gasteiger partial charge in [-0.2, -0.15) is 0 Å². The van der Waals surface area contributed by atoms with Crippen LogP contribution in [0.5, 0.6) is 0 Å². The topological polar surface area (TPSA) is 131 Å². The molecular formula is C20H33N3O7. The molecule has 0 aromatic carbocycles. The molecule has 1 fully saturated rings. The highest BCUT2D eigenvalue weighted by atomic mass is 16.7. The van der Waals surface area contributed by atoms with Crippen LogP contribution in [0.4, 0.5) is 0 Å². The van der Waals surface area contributed by atoms with Gasteiger partial charge in [-0.3, -0.25) is 28.9 Å². The Balaban J connectivity index is 2.23. The largest absolute Gasteiger partial charge is 0.373 e. The SMILES string of the molecule is CC1CC(=O)N(CCC(=O)NOCC(=O)NCC(C)(C)OCC(C)(C)CC=O)C1=O. The van der Waals surface area contributed by atoms with E-state index in [2.05, 4.69) is 10.8 Å². The minimum Gasteiger partial charge on any atom is -0.373 e. The lowest BCUT2D eigenvalue weighted by Gasteiger charge is -2.31. The van der Waals surface area contributed by atoms with Gasteiger partial charge in [-0.05, 0) is 19.3 Å². The number of likely N-dealkylation sites (tertiary alicyclic amines) is 1. The second-order valence-electron chi connectivity index (χ2n) is 8.91. The van der Waals surface area contributed by atoms with Gasteiger partial charge in [-0.1, -0.05) is 20.8 Å². The van der Waals surface area contributed by atoms with Crippen molar-refractivity contribution in [3.8, 4) is 0 Å². The molecule has 0 spiro atoms. The van der Waals surface area contributed by atoms with Crippen LogP contribution in [0.15, 0.2) is 0 Å². The van der Waals surface area contributed by atoms with Crippen LogP contribution in [0, 0.1) is 11.3 Å². The highest BCUT2D eigenvalue weighted by Crippen LogP contribution is 2.22. The minimum absolute atomic E-state index is 0.0185. The Kier molecular flexibility index (Phi) is 9.57. The van der Waals surface area contributed by atoms with Crippen molar-refractivity contribution in [1.82, 2.24) is 15.7 Å². The number of amides is 4. The van der Waals surface area contributed by atoms with Crippen LogP contribution < -0.4 is 10.8 Å². The van der Waals surface area contributed by atoms with Crippen molar-refractivity contribution < 1.29 is 33.5 Å². The predicted molar refractivity (Wildman–Crippen MR) is 107 cm³/mol. The summed E-state index contributed by atoms with van der Waals surface area (Å²) in [5.74, 6) is -1.92. The first kappa shape index (κ1) is 25.7. The van der Waals surface area contributed by atoms with Crippen molar-refractivity contribution in [3.05, 3.63) is 0 Å². The molecule has 1 aliphatic rings. The Morgan fingerprint density at radius 1 is 1.20 bits per heavy atom. The highest BCUT2D eigenvalue weighted by molar-refractivity contribution is 6.03. The molecule has 1 rings (SSSR count). The molecule has 1 aliphatic heterocycles. The number of hydrogen-bond donors (Lipinski definition) is 2. The molecule has 10 heteroatoms. The minimum atomic E-state index is -0.648. The molecule has 1 saturated heterocycles. The first-order chi connectivity index (χ1) is 13.9. The summed E-state index contributed by atoms with van der Waals surface area (Å²) in [4.78, 5) is 63.7. The highest BCUT2D eigenvalue weighted by Gasteiger charge is 2.35. The number of carbonyl (C=O) groups excluding carboxylic acids is 5. The number of imide groups is 1. The van der Waals surface area contributed by atoms with Crippen molar-refractivity contribution >= 4 is 29.9 Å². The van der Waals surface area contributed by atoms with Crippen LogP contribution in [0.25, 0.3) is 0 Å². The van der Waals surface area contributed by atoms with Gasteiger partial charge in [-0.25, -0.2) is 5.48 Å². The quantitative estimate of drug-likeness (QED) is 0.246. The van der Waals surface area contributed by atoms with E-state index in [0.717, 1.165) is 11.2 Å². The average molecular weight is 427 g/mol. The van der Waals surface area contributed by atoms with E-state index in [1.165, 1.54) is 0 Å². The average Bonchev–Trinajstić information content (AvgIpc) is 2.89. The number of hydroxylamine groups is 1. The predicted octanol–water partition coefficient (Wildman–Crippen LogP) is 0.346. The van der Waals surface area contributed by atoms with E-state index in [4.69, 9.17) is 9.57 Å². The summed E-state index contributed by atoms with van der Waals surface area (Å²) in [5, 5.41) is 2.65. The molecule has 10 nitrogen and oxygen atoms in total. The van der Waals surface area contributed by atoms with Crippen LogP contribution in [0.1, 0.15) is 53.9 Å². The monoisotopic (exact) mass is 427 g/mol. The normalized spacial score (nSPS) is 17.2. The Bertz CT molecular complexity index is 661. The standard InChI is InChI=1S/C20H33N3O7/c1-14-10-17(27)23(18(14)28)8-6-15(25)22-30-11-16(26)21-12-20(4,5)29-13-19(2,3)7-9-24/h9,14H,6-8,10-13H2,1-5H3,(H,21,26)(H,22,25). The van der Waals surface area contributed by atoms with E-state index in [1.54, 1.807) is 6.92 Å². The van der Waals surface area contributed by atoms with Gasteiger partial charge in [0.1, 0.15) is 6.29 Å². The third-order valence-electron chi connectivity index (χ3n) is 4.62. The van der Waals surface area contributed by atoms with Gasteiger partial charge in [0.25, 0.3) is 0 Å². The molecule has 170 valence electrons. The summed E-state index contributed by atoms with van der Waals surface area (Å²) in [6.07, 6.45) is 1.28. The molecule has 30 heavy (non-hydrogen) atoms. The molecule has 0 aliphatic carbocycles. The summed E-state index contributed by atoms with van der Waals surface area (Å²) >= 11 is 0. The van der Waals surface area contributed by atoms with Crippen molar-refractivity contribution in [3.63, 3.8) is 0 Å². The van der Waals surface area contributed by atoms with E-state index < -0.39 is 24.0 Å². The van der Waals surface area contributed by atoms with Crippen LogP contribution in [-0.2, 0) is 33.5 Å². The Morgan fingerprint density at radius 3 is 2.43 bits per heavy atom. The first-order valence-corrected chi connectivity index (χ1v) is 9.96. The van der Waals surface area contributed by atoms with E-state index in [1.807, 2.05) is 27.7 Å². The van der Waals surface area contributed by atoms with Crippen LogP contribution in [0.3, 0.4) is 0 Å². The summed E-state index contributed by atoms with van der Waals surface area (Å²) in [5.41, 5.74) is 1.18. The molecule has 4 amide bonds. The number of hydrogen-bond acceptors (Lipinski definition) is 7.